The lowest BCUT2D eigenvalue weighted by molar-refractivity contribution is 0.591. The minimum absolute atomic E-state index is 0.813. The van der Waals surface area contributed by atoms with E-state index in [-0.39, 0.29) is 0 Å². The van der Waals surface area contributed by atoms with E-state index in [0.29, 0.717) is 0 Å². The molecule has 0 saturated carbocycles. The molecule has 0 aliphatic rings. The quantitative estimate of drug-likeness (QED) is 0.210. The molecule has 0 unspecified atom stereocenters. The monoisotopic (exact) mass is 543 g/mol. The SMILES string of the molecule is [2H]C([2H])([2H])C(C)(C)c1ccc2c(c1)c1ccccc1n2-c1cccc(-c2cccc(-n3c4ccccc4c4ccccc43)c2)c1. The van der Waals surface area contributed by atoms with Gasteiger partial charge in [0.1, 0.15) is 0 Å². The van der Waals surface area contributed by atoms with E-state index in [2.05, 4.69) is 137 Å². The highest BCUT2D eigenvalue weighted by Gasteiger charge is 2.18. The van der Waals surface area contributed by atoms with E-state index < -0.39 is 12.3 Å². The molecule has 2 nitrogen and oxygen atoms in total. The number of benzene rings is 6. The summed E-state index contributed by atoms with van der Waals surface area (Å²) >= 11 is 0. The number of fused-ring (bicyclic) bond motifs is 6. The van der Waals surface area contributed by atoms with Crippen molar-refractivity contribution in [1.82, 2.24) is 9.13 Å². The summed E-state index contributed by atoms with van der Waals surface area (Å²) in [5, 5.41) is 4.66. The minimum atomic E-state index is -2.11. The van der Waals surface area contributed by atoms with Gasteiger partial charge in [-0.2, -0.15) is 0 Å². The Morgan fingerprint density at radius 2 is 0.905 bits per heavy atom. The average Bonchev–Trinajstić information content (AvgIpc) is 3.57. The zero-order valence-electron chi connectivity index (χ0n) is 26.7. The molecule has 2 aromatic heterocycles. The van der Waals surface area contributed by atoms with Crippen molar-refractivity contribution < 1.29 is 4.11 Å². The molecule has 0 radical (unpaired) electrons. The number of nitrogens with zero attached hydrogens (tertiary/aromatic N) is 2. The summed E-state index contributed by atoms with van der Waals surface area (Å²) in [4.78, 5) is 0. The van der Waals surface area contributed by atoms with Gasteiger partial charge >= 0.3 is 0 Å². The fourth-order valence-electron chi connectivity index (χ4n) is 6.49. The first-order valence-electron chi connectivity index (χ1n) is 16.0. The van der Waals surface area contributed by atoms with Crippen LogP contribution in [0.25, 0.3) is 66.1 Å². The van der Waals surface area contributed by atoms with E-state index in [0.717, 1.165) is 49.9 Å². The molecule has 2 heterocycles. The lowest BCUT2D eigenvalue weighted by atomic mass is 9.86. The summed E-state index contributed by atoms with van der Waals surface area (Å²) in [6, 6.07) is 49.1. The molecule has 202 valence electrons. The van der Waals surface area contributed by atoms with E-state index >= 15 is 0 Å². The second-order valence-electron chi connectivity index (χ2n) is 11.7. The molecule has 2 heteroatoms. The molecule has 0 saturated heterocycles. The third-order valence-electron chi connectivity index (χ3n) is 8.52. The number of hydrogen-bond acceptors (Lipinski definition) is 0. The second-order valence-corrected chi connectivity index (χ2v) is 11.7. The molecule has 0 aliphatic heterocycles. The topological polar surface area (TPSA) is 9.86 Å². The van der Waals surface area contributed by atoms with Crippen LogP contribution >= 0.6 is 0 Å². The molecule has 8 aromatic rings. The molecule has 8 rings (SSSR count). The Kier molecular flexibility index (Phi) is 4.75. The molecule has 42 heavy (non-hydrogen) atoms. The number of para-hydroxylation sites is 3. The van der Waals surface area contributed by atoms with Gasteiger partial charge in [-0.15, -0.1) is 0 Å². The van der Waals surface area contributed by atoms with Gasteiger partial charge in [-0.25, -0.2) is 0 Å². The second kappa shape index (κ2) is 9.22. The van der Waals surface area contributed by atoms with Gasteiger partial charge in [-0.3, -0.25) is 0 Å². The predicted molar refractivity (Wildman–Crippen MR) is 179 cm³/mol. The van der Waals surface area contributed by atoms with Crippen LogP contribution in [0.5, 0.6) is 0 Å². The zero-order chi connectivity index (χ0) is 30.9. The van der Waals surface area contributed by atoms with E-state index in [4.69, 9.17) is 4.11 Å². The fraction of sp³-hybridized carbons (Fsp3) is 0.100. The number of hydrogen-bond donors (Lipinski definition) is 0. The molecular formula is C40H32N2. The highest BCUT2D eigenvalue weighted by Crippen LogP contribution is 2.37. The van der Waals surface area contributed by atoms with Crippen LogP contribution in [0.3, 0.4) is 0 Å². The van der Waals surface area contributed by atoms with Gasteiger partial charge in [0.05, 0.1) is 22.1 Å². The molecule has 0 aliphatic carbocycles. The van der Waals surface area contributed by atoms with Crippen LogP contribution in [-0.4, -0.2) is 9.13 Å². The van der Waals surface area contributed by atoms with Gasteiger partial charge in [0.25, 0.3) is 0 Å². The summed E-state index contributed by atoms with van der Waals surface area (Å²) < 4.78 is 29.1. The molecule has 0 fully saturated rings. The average molecular weight is 544 g/mol. The van der Waals surface area contributed by atoms with Crippen molar-refractivity contribution >= 4 is 43.6 Å². The Hall–Kier alpha value is -5.08. The van der Waals surface area contributed by atoms with Gasteiger partial charge in [-0.1, -0.05) is 106 Å². The van der Waals surface area contributed by atoms with Gasteiger partial charge in [0.15, 0.2) is 0 Å². The van der Waals surface area contributed by atoms with Crippen LogP contribution in [0, 0.1) is 0 Å². The van der Waals surface area contributed by atoms with Crippen molar-refractivity contribution in [2.24, 2.45) is 0 Å². The van der Waals surface area contributed by atoms with E-state index in [9.17, 15) is 0 Å². The van der Waals surface area contributed by atoms with Crippen LogP contribution in [0.1, 0.15) is 30.4 Å². The molecular weight excluding hydrogens is 508 g/mol. The Morgan fingerprint density at radius 3 is 1.40 bits per heavy atom. The molecule has 6 aromatic carbocycles. The van der Waals surface area contributed by atoms with Crippen LogP contribution < -0.4 is 0 Å². The highest BCUT2D eigenvalue weighted by molar-refractivity contribution is 6.10. The summed E-state index contributed by atoms with van der Waals surface area (Å²) in [7, 11) is 0. The first kappa shape index (κ1) is 21.6. The van der Waals surface area contributed by atoms with Crippen LogP contribution in [0.15, 0.2) is 140 Å². The standard InChI is InChI=1S/C40H32N2/c1-40(2,3)29-22-23-39-35(26-29)34-18-6-9-21-38(34)42(39)31-15-11-13-28(25-31)27-12-10-14-30(24-27)41-36-19-7-4-16-32(36)33-17-5-8-20-37(33)41/h4-26H,1-3H3/i1D3. The predicted octanol–water partition coefficient (Wildman–Crippen LogP) is 10.8. The van der Waals surface area contributed by atoms with E-state index in [1.807, 2.05) is 12.1 Å². The fourth-order valence-corrected chi connectivity index (χ4v) is 6.49. The van der Waals surface area contributed by atoms with Crippen molar-refractivity contribution in [2.45, 2.75) is 26.1 Å². The maximum absolute atomic E-state index is 8.15. The van der Waals surface area contributed by atoms with E-state index in [1.54, 1.807) is 13.8 Å². The molecule has 0 N–H and O–H groups in total. The lowest BCUT2D eigenvalue weighted by Crippen LogP contribution is -2.10. The molecule has 0 atom stereocenters. The Balaban J connectivity index is 1.28. The molecule has 0 amide bonds. The van der Waals surface area contributed by atoms with Gasteiger partial charge in [0, 0.05) is 37.0 Å². The first-order chi connectivity index (χ1) is 21.7. The van der Waals surface area contributed by atoms with E-state index in [1.165, 1.54) is 21.8 Å². The van der Waals surface area contributed by atoms with Crippen LogP contribution in [0.2, 0.25) is 0 Å². The van der Waals surface area contributed by atoms with Crippen LogP contribution in [0.4, 0.5) is 0 Å². The Morgan fingerprint density at radius 1 is 0.452 bits per heavy atom. The van der Waals surface area contributed by atoms with Crippen molar-refractivity contribution in [3.63, 3.8) is 0 Å². The Bertz CT molecular complexity index is 2350. The molecule has 0 spiro atoms. The summed E-state index contributed by atoms with van der Waals surface area (Å²) in [5.74, 6) is 0. The number of aromatic nitrogens is 2. The third kappa shape index (κ3) is 3.79. The normalized spacial score (nSPS) is 13.5. The zero-order valence-corrected chi connectivity index (χ0v) is 23.7. The summed E-state index contributed by atoms with van der Waals surface area (Å²) in [5.41, 5.74) is 8.82. The Labute approximate surface area is 250 Å². The van der Waals surface area contributed by atoms with Crippen molar-refractivity contribution in [3.8, 4) is 22.5 Å². The van der Waals surface area contributed by atoms with Gasteiger partial charge < -0.3 is 9.13 Å². The minimum Gasteiger partial charge on any atom is -0.309 e. The van der Waals surface area contributed by atoms with Crippen molar-refractivity contribution in [2.75, 3.05) is 0 Å². The van der Waals surface area contributed by atoms with Crippen molar-refractivity contribution in [1.29, 1.82) is 0 Å². The lowest BCUT2D eigenvalue weighted by Gasteiger charge is -2.19. The highest BCUT2D eigenvalue weighted by atomic mass is 15.0. The maximum Gasteiger partial charge on any atom is 0.0541 e. The summed E-state index contributed by atoms with van der Waals surface area (Å²) in [6.45, 7) is 1.50. The van der Waals surface area contributed by atoms with Gasteiger partial charge in [-0.05, 0) is 76.7 Å². The molecule has 0 bridgehead atoms. The number of rotatable bonds is 3. The summed E-state index contributed by atoms with van der Waals surface area (Å²) in [6.07, 6.45) is 0. The third-order valence-corrected chi connectivity index (χ3v) is 8.52. The van der Waals surface area contributed by atoms with Crippen molar-refractivity contribution in [3.05, 3.63) is 145 Å². The first-order valence-corrected chi connectivity index (χ1v) is 14.5. The largest absolute Gasteiger partial charge is 0.309 e. The maximum atomic E-state index is 8.15. The smallest absolute Gasteiger partial charge is 0.0541 e. The van der Waals surface area contributed by atoms with Gasteiger partial charge in [0.2, 0.25) is 0 Å². The van der Waals surface area contributed by atoms with Crippen LogP contribution in [-0.2, 0) is 5.41 Å².